The van der Waals surface area contributed by atoms with Crippen LogP contribution in [-0.4, -0.2) is 40.0 Å². The molecule has 148 valence electrons. The van der Waals surface area contributed by atoms with Gasteiger partial charge in [-0.05, 0) is 12.1 Å². The molecule has 0 radical (unpaired) electrons. The minimum atomic E-state index is -0.673. The standard InChI is InChI=1S/C18H14ClN5O5/c19-13-7-6-12(10-14(13)24(27)28)16(25)20-8-9-21-17(26)18-22-15(23-29-18)11-4-2-1-3-5-11/h1-7,10H,8-9H2,(H,20,25)(H,21,26). The first kappa shape index (κ1) is 20.0. The predicted octanol–water partition coefficient (Wildman–Crippen LogP) is 2.46. The first-order chi connectivity index (χ1) is 14.0. The first-order valence-corrected chi connectivity index (χ1v) is 8.73. The van der Waals surface area contributed by atoms with Crippen molar-refractivity contribution in [3.05, 3.63) is 75.1 Å². The monoisotopic (exact) mass is 415 g/mol. The summed E-state index contributed by atoms with van der Waals surface area (Å²) in [5, 5.41) is 19.6. The zero-order valence-corrected chi connectivity index (χ0v) is 15.5. The summed E-state index contributed by atoms with van der Waals surface area (Å²) in [7, 11) is 0. The third-order valence-electron chi connectivity index (χ3n) is 3.75. The summed E-state index contributed by atoms with van der Waals surface area (Å²) < 4.78 is 4.94. The number of nitro benzene ring substituents is 1. The highest BCUT2D eigenvalue weighted by atomic mass is 35.5. The van der Waals surface area contributed by atoms with Crippen LogP contribution in [0.2, 0.25) is 5.02 Å². The number of aromatic nitrogens is 2. The van der Waals surface area contributed by atoms with Crippen molar-refractivity contribution in [1.29, 1.82) is 0 Å². The Hall–Kier alpha value is -3.79. The predicted molar refractivity (Wildman–Crippen MR) is 103 cm³/mol. The molecule has 3 aromatic rings. The number of carbonyl (C=O) groups is 2. The number of benzene rings is 2. The molecule has 0 saturated carbocycles. The molecule has 1 heterocycles. The van der Waals surface area contributed by atoms with Crippen molar-refractivity contribution in [2.75, 3.05) is 13.1 Å². The molecule has 1 aromatic heterocycles. The van der Waals surface area contributed by atoms with Gasteiger partial charge in [-0.2, -0.15) is 4.98 Å². The molecule has 0 saturated heterocycles. The van der Waals surface area contributed by atoms with Gasteiger partial charge in [-0.3, -0.25) is 19.7 Å². The van der Waals surface area contributed by atoms with Gasteiger partial charge >= 0.3 is 11.8 Å². The molecule has 0 aliphatic carbocycles. The van der Waals surface area contributed by atoms with E-state index < -0.39 is 16.7 Å². The van der Waals surface area contributed by atoms with Crippen molar-refractivity contribution in [1.82, 2.24) is 20.8 Å². The Morgan fingerprint density at radius 2 is 1.76 bits per heavy atom. The van der Waals surface area contributed by atoms with E-state index in [-0.39, 0.29) is 41.1 Å². The number of amides is 2. The van der Waals surface area contributed by atoms with E-state index in [1.807, 2.05) is 18.2 Å². The van der Waals surface area contributed by atoms with E-state index >= 15 is 0 Å². The molecule has 3 rings (SSSR count). The van der Waals surface area contributed by atoms with E-state index in [4.69, 9.17) is 16.1 Å². The van der Waals surface area contributed by atoms with Gasteiger partial charge in [0.2, 0.25) is 5.82 Å². The molecule has 0 atom stereocenters. The summed E-state index contributed by atoms with van der Waals surface area (Å²) in [5.41, 5.74) is 0.426. The maximum absolute atomic E-state index is 12.1. The van der Waals surface area contributed by atoms with Crippen LogP contribution in [-0.2, 0) is 0 Å². The number of nitro groups is 1. The lowest BCUT2D eigenvalue weighted by Crippen LogP contribution is -2.34. The van der Waals surface area contributed by atoms with E-state index in [1.54, 1.807) is 12.1 Å². The van der Waals surface area contributed by atoms with E-state index in [2.05, 4.69) is 20.8 Å². The number of halogens is 1. The van der Waals surface area contributed by atoms with Gasteiger partial charge in [-0.25, -0.2) is 0 Å². The maximum atomic E-state index is 12.1. The van der Waals surface area contributed by atoms with Crippen molar-refractivity contribution in [2.45, 2.75) is 0 Å². The second-order valence-corrected chi connectivity index (χ2v) is 6.13. The smallest absolute Gasteiger partial charge is 0.316 e. The van der Waals surface area contributed by atoms with Crippen LogP contribution in [0.25, 0.3) is 11.4 Å². The molecule has 11 heteroatoms. The summed E-state index contributed by atoms with van der Waals surface area (Å²) in [6.45, 7) is 0.171. The lowest BCUT2D eigenvalue weighted by atomic mass is 10.2. The number of nitrogens with zero attached hydrogens (tertiary/aromatic N) is 3. The van der Waals surface area contributed by atoms with Gasteiger partial charge < -0.3 is 15.2 Å². The normalized spacial score (nSPS) is 10.4. The van der Waals surface area contributed by atoms with E-state index in [1.165, 1.54) is 12.1 Å². The van der Waals surface area contributed by atoms with Crippen molar-refractivity contribution in [3.63, 3.8) is 0 Å². The van der Waals surface area contributed by atoms with Gasteiger partial charge in [-0.1, -0.05) is 47.1 Å². The summed E-state index contributed by atoms with van der Waals surface area (Å²) in [6.07, 6.45) is 0. The average Bonchev–Trinajstić information content (AvgIpc) is 3.22. The van der Waals surface area contributed by atoms with E-state index in [0.717, 1.165) is 6.07 Å². The number of nitrogens with one attached hydrogen (secondary N) is 2. The first-order valence-electron chi connectivity index (χ1n) is 8.35. The topological polar surface area (TPSA) is 140 Å². The van der Waals surface area contributed by atoms with Crippen molar-refractivity contribution < 1.29 is 19.0 Å². The quantitative estimate of drug-likeness (QED) is 0.343. The molecule has 0 bridgehead atoms. The zero-order valence-electron chi connectivity index (χ0n) is 14.8. The Labute approximate surface area is 169 Å². The van der Waals surface area contributed by atoms with Crippen LogP contribution in [0.4, 0.5) is 5.69 Å². The SMILES string of the molecule is O=C(NCCNC(=O)c1nc(-c2ccccc2)no1)c1ccc(Cl)c([N+](=O)[O-])c1. The van der Waals surface area contributed by atoms with Crippen LogP contribution in [0.1, 0.15) is 21.0 Å². The molecule has 0 unspecified atom stereocenters. The molecule has 0 aliphatic heterocycles. The Kier molecular flexibility index (Phi) is 6.15. The van der Waals surface area contributed by atoms with Gasteiger partial charge in [0.15, 0.2) is 0 Å². The van der Waals surface area contributed by atoms with Crippen molar-refractivity contribution in [2.24, 2.45) is 0 Å². The van der Waals surface area contributed by atoms with E-state index in [9.17, 15) is 19.7 Å². The Morgan fingerprint density at radius 3 is 2.45 bits per heavy atom. The van der Waals surface area contributed by atoms with Gasteiger partial charge in [0.25, 0.3) is 11.6 Å². The molecule has 0 spiro atoms. The fourth-order valence-electron chi connectivity index (χ4n) is 2.34. The summed E-state index contributed by atoms with van der Waals surface area (Å²) >= 11 is 5.72. The van der Waals surface area contributed by atoms with Crippen LogP contribution in [0.15, 0.2) is 53.1 Å². The zero-order chi connectivity index (χ0) is 20.8. The fourth-order valence-corrected chi connectivity index (χ4v) is 2.53. The number of rotatable bonds is 7. The minimum Gasteiger partial charge on any atom is -0.350 e. The van der Waals surface area contributed by atoms with Gasteiger partial charge in [-0.15, -0.1) is 0 Å². The Bertz CT molecular complexity index is 1050. The average molecular weight is 416 g/mol. The molecule has 2 amide bonds. The maximum Gasteiger partial charge on any atom is 0.316 e. The lowest BCUT2D eigenvalue weighted by molar-refractivity contribution is -0.384. The number of hydrogen-bond donors (Lipinski definition) is 2. The molecule has 29 heavy (non-hydrogen) atoms. The Morgan fingerprint density at radius 1 is 1.07 bits per heavy atom. The highest BCUT2D eigenvalue weighted by molar-refractivity contribution is 6.32. The van der Waals surface area contributed by atoms with Crippen molar-refractivity contribution in [3.8, 4) is 11.4 Å². The summed E-state index contributed by atoms with van der Waals surface area (Å²) in [6, 6.07) is 12.7. The number of carbonyl (C=O) groups excluding carboxylic acids is 2. The van der Waals surface area contributed by atoms with Gasteiger partial charge in [0, 0.05) is 30.3 Å². The van der Waals surface area contributed by atoms with Crippen LogP contribution in [0.3, 0.4) is 0 Å². The van der Waals surface area contributed by atoms with Gasteiger partial charge in [0.05, 0.1) is 4.92 Å². The molecule has 10 nitrogen and oxygen atoms in total. The van der Waals surface area contributed by atoms with Gasteiger partial charge in [0.1, 0.15) is 5.02 Å². The third kappa shape index (κ3) is 4.93. The largest absolute Gasteiger partial charge is 0.350 e. The van der Waals surface area contributed by atoms with Crippen LogP contribution < -0.4 is 10.6 Å². The Balaban J connectivity index is 1.50. The minimum absolute atomic E-state index is 0.0618. The second-order valence-electron chi connectivity index (χ2n) is 5.72. The molecule has 2 aromatic carbocycles. The molecule has 2 N–H and O–H groups in total. The van der Waals surface area contributed by atoms with Crippen LogP contribution in [0, 0.1) is 10.1 Å². The third-order valence-corrected chi connectivity index (χ3v) is 4.07. The molecule has 0 fully saturated rings. The molecular formula is C18H14ClN5O5. The molecular weight excluding hydrogens is 402 g/mol. The van der Waals surface area contributed by atoms with Crippen LogP contribution in [0.5, 0.6) is 0 Å². The second kappa shape index (κ2) is 8.93. The fraction of sp³-hybridized carbons (Fsp3) is 0.111. The lowest BCUT2D eigenvalue weighted by Gasteiger charge is -2.06. The van der Waals surface area contributed by atoms with Crippen molar-refractivity contribution >= 4 is 29.1 Å². The highest BCUT2D eigenvalue weighted by Crippen LogP contribution is 2.24. The molecule has 0 aliphatic rings. The summed E-state index contributed by atoms with van der Waals surface area (Å²) in [4.78, 5) is 38.4. The highest BCUT2D eigenvalue weighted by Gasteiger charge is 2.17. The van der Waals surface area contributed by atoms with E-state index in [0.29, 0.717) is 5.56 Å². The number of hydrogen-bond acceptors (Lipinski definition) is 7. The summed E-state index contributed by atoms with van der Waals surface area (Å²) in [5.74, 6) is -1.05. The van der Waals surface area contributed by atoms with Crippen LogP contribution >= 0.6 is 11.6 Å².